The maximum atomic E-state index is 13.4. The third-order valence-electron chi connectivity index (χ3n) is 3.70. The first kappa shape index (κ1) is 19.5. The van der Waals surface area contributed by atoms with Gasteiger partial charge in [0, 0.05) is 28.3 Å². The van der Waals surface area contributed by atoms with Crippen molar-refractivity contribution in [2.24, 2.45) is 0 Å². The van der Waals surface area contributed by atoms with Gasteiger partial charge in [0.05, 0.1) is 0 Å². The number of hydrogen-bond acceptors (Lipinski definition) is 4. The highest BCUT2D eigenvalue weighted by Crippen LogP contribution is 2.39. The second-order valence-electron chi connectivity index (χ2n) is 5.52. The van der Waals surface area contributed by atoms with Gasteiger partial charge in [0.15, 0.2) is 0 Å². The molecule has 27 heavy (non-hydrogen) atoms. The first-order valence-corrected chi connectivity index (χ1v) is 9.28. The van der Waals surface area contributed by atoms with E-state index in [4.69, 9.17) is 11.6 Å². The third-order valence-corrected chi connectivity index (χ3v) is 4.96. The van der Waals surface area contributed by atoms with Crippen LogP contribution in [0.4, 0.5) is 24.8 Å². The van der Waals surface area contributed by atoms with Crippen LogP contribution < -0.4 is 4.90 Å². The molecule has 3 nitrogen and oxygen atoms in total. The highest BCUT2D eigenvalue weighted by Gasteiger charge is 2.35. The summed E-state index contributed by atoms with van der Waals surface area (Å²) in [6, 6.07) is 15.8. The number of halogens is 4. The molecule has 8 heteroatoms. The summed E-state index contributed by atoms with van der Waals surface area (Å²) in [6.07, 6.45) is -3.70. The van der Waals surface area contributed by atoms with Crippen LogP contribution in [-0.2, 0) is 6.18 Å². The lowest BCUT2D eigenvalue weighted by Gasteiger charge is -2.22. The largest absolute Gasteiger partial charge is 0.420 e. The Morgan fingerprint density at radius 1 is 1.04 bits per heavy atom. The molecule has 0 N–H and O–H groups in total. The lowest BCUT2D eigenvalue weighted by molar-refractivity contribution is -0.140. The van der Waals surface area contributed by atoms with Crippen molar-refractivity contribution in [2.75, 3.05) is 11.4 Å². The summed E-state index contributed by atoms with van der Waals surface area (Å²) in [5.74, 6) is 0.200. The minimum absolute atomic E-state index is 0.133. The molecular formula is C19H15ClF3N3S. The van der Waals surface area contributed by atoms with Gasteiger partial charge in [-0.1, -0.05) is 41.6 Å². The predicted octanol–water partition coefficient (Wildman–Crippen LogP) is 6.46. The molecule has 0 radical (unpaired) electrons. The lowest BCUT2D eigenvalue weighted by Crippen LogP contribution is -2.20. The van der Waals surface area contributed by atoms with Crippen LogP contribution in [0.2, 0.25) is 5.02 Å². The molecule has 0 aliphatic heterocycles. The number of hydrogen-bond donors (Lipinski definition) is 0. The van der Waals surface area contributed by atoms with Crippen molar-refractivity contribution in [2.45, 2.75) is 23.0 Å². The van der Waals surface area contributed by atoms with Gasteiger partial charge in [-0.15, -0.1) is 0 Å². The Bertz CT molecular complexity index is 902. The molecule has 1 heterocycles. The first-order valence-electron chi connectivity index (χ1n) is 8.08. The molecule has 1 aromatic heterocycles. The van der Waals surface area contributed by atoms with Crippen LogP contribution in [0.15, 0.2) is 70.7 Å². The maximum Gasteiger partial charge on any atom is 0.420 e. The van der Waals surface area contributed by atoms with Gasteiger partial charge >= 0.3 is 6.18 Å². The average Bonchev–Trinajstić information content (AvgIpc) is 2.64. The Morgan fingerprint density at radius 3 is 2.30 bits per heavy atom. The zero-order valence-corrected chi connectivity index (χ0v) is 15.8. The highest BCUT2D eigenvalue weighted by molar-refractivity contribution is 7.99. The van der Waals surface area contributed by atoms with Crippen molar-refractivity contribution >= 4 is 35.0 Å². The van der Waals surface area contributed by atoms with Crippen LogP contribution in [-0.4, -0.2) is 16.5 Å². The van der Waals surface area contributed by atoms with Gasteiger partial charge in [0.1, 0.15) is 10.6 Å². The Labute approximate surface area is 164 Å². The monoisotopic (exact) mass is 409 g/mol. The van der Waals surface area contributed by atoms with Gasteiger partial charge in [0.2, 0.25) is 5.95 Å². The maximum absolute atomic E-state index is 13.4. The van der Waals surface area contributed by atoms with Gasteiger partial charge in [-0.3, -0.25) is 0 Å². The predicted molar refractivity (Wildman–Crippen MR) is 102 cm³/mol. The second-order valence-corrected chi connectivity index (χ2v) is 7.02. The van der Waals surface area contributed by atoms with E-state index in [0.717, 1.165) is 23.6 Å². The molecule has 0 amide bonds. The molecule has 2 aromatic carbocycles. The number of benzene rings is 2. The molecule has 0 saturated heterocycles. The van der Waals surface area contributed by atoms with Crippen molar-refractivity contribution < 1.29 is 13.2 Å². The Kier molecular flexibility index (Phi) is 5.92. The van der Waals surface area contributed by atoms with Crippen LogP contribution in [0.3, 0.4) is 0 Å². The van der Waals surface area contributed by atoms with Gasteiger partial charge in [-0.25, -0.2) is 9.97 Å². The van der Waals surface area contributed by atoms with E-state index in [1.165, 1.54) is 0 Å². The minimum Gasteiger partial charge on any atom is -0.311 e. The van der Waals surface area contributed by atoms with Gasteiger partial charge < -0.3 is 4.90 Å². The number of alkyl halides is 3. The van der Waals surface area contributed by atoms with Crippen LogP contribution in [0, 0.1) is 0 Å². The van der Waals surface area contributed by atoms with Crippen LogP contribution in [0.1, 0.15) is 12.5 Å². The minimum atomic E-state index is -4.53. The number of anilines is 2. The summed E-state index contributed by atoms with van der Waals surface area (Å²) in [6.45, 7) is 2.36. The molecule has 3 aromatic rings. The van der Waals surface area contributed by atoms with Crippen LogP contribution in [0.25, 0.3) is 0 Å². The van der Waals surface area contributed by atoms with Crippen molar-refractivity contribution in [3.05, 3.63) is 71.4 Å². The van der Waals surface area contributed by atoms with E-state index in [-0.39, 0.29) is 11.0 Å². The molecular weight excluding hydrogens is 395 g/mol. The smallest absolute Gasteiger partial charge is 0.311 e. The molecule has 0 fully saturated rings. The van der Waals surface area contributed by atoms with Crippen LogP contribution in [0.5, 0.6) is 0 Å². The van der Waals surface area contributed by atoms with Crippen molar-refractivity contribution in [3.63, 3.8) is 0 Å². The van der Waals surface area contributed by atoms with E-state index in [1.807, 2.05) is 6.92 Å². The Morgan fingerprint density at radius 2 is 1.70 bits per heavy atom. The Balaban J connectivity index is 2.03. The SMILES string of the molecule is CCN(c1ccc(Cl)cc1)c1ncc(C(F)(F)F)c(Sc2ccccc2)n1. The van der Waals surface area contributed by atoms with Gasteiger partial charge in [-0.2, -0.15) is 13.2 Å². The molecule has 3 rings (SSSR count). The van der Waals surface area contributed by atoms with E-state index >= 15 is 0 Å². The fourth-order valence-electron chi connectivity index (χ4n) is 2.42. The Hall–Kier alpha value is -2.25. The highest BCUT2D eigenvalue weighted by atomic mass is 35.5. The molecule has 140 valence electrons. The van der Waals surface area contributed by atoms with E-state index in [1.54, 1.807) is 59.5 Å². The summed E-state index contributed by atoms with van der Waals surface area (Å²) in [7, 11) is 0. The summed E-state index contributed by atoms with van der Waals surface area (Å²) in [5, 5.41) is 0.439. The molecule has 0 aliphatic carbocycles. The quantitative estimate of drug-likeness (QED) is 0.452. The number of rotatable bonds is 5. The van der Waals surface area contributed by atoms with Crippen molar-refractivity contribution in [1.29, 1.82) is 0 Å². The van der Waals surface area contributed by atoms with Gasteiger partial charge in [-0.05, 0) is 43.3 Å². The van der Waals surface area contributed by atoms with Crippen LogP contribution >= 0.6 is 23.4 Å². The fraction of sp³-hybridized carbons (Fsp3) is 0.158. The van der Waals surface area contributed by atoms with Gasteiger partial charge in [0.25, 0.3) is 0 Å². The topological polar surface area (TPSA) is 29.0 Å². The van der Waals surface area contributed by atoms with E-state index < -0.39 is 11.7 Å². The zero-order valence-electron chi connectivity index (χ0n) is 14.2. The van der Waals surface area contributed by atoms with E-state index in [9.17, 15) is 13.2 Å². The molecule has 0 spiro atoms. The third kappa shape index (κ3) is 4.73. The van der Waals surface area contributed by atoms with E-state index in [2.05, 4.69) is 9.97 Å². The summed E-state index contributed by atoms with van der Waals surface area (Å²) < 4.78 is 40.2. The first-order chi connectivity index (χ1) is 12.9. The fourth-order valence-corrected chi connectivity index (χ4v) is 3.47. The van der Waals surface area contributed by atoms with Crippen molar-refractivity contribution in [1.82, 2.24) is 9.97 Å². The average molecular weight is 410 g/mol. The standard InChI is InChI=1S/C19H15ClF3N3S/c1-2-26(14-10-8-13(20)9-11-14)18-24-12-16(19(21,22)23)17(25-18)27-15-6-4-3-5-7-15/h3-12H,2H2,1H3. The number of aromatic nitrogens is 2. The van der Waals surface area contributed by atoms with E-state index in [0.29, 0.717) is 16.5 Å². The normalized spacial score (nSPS) is 11.4. The zero-order chi connectivity index (χ0) is 19.4. The summed E-state index contributed by atoms with van der Waals surface area (Å²) in [4.78, 5) is 10.6. The van der Waals surface area contributed by atoms with Crippen molar-refractivity contribution in [3.8, 4) is 0 Å². The molecule has 0 unspecified atom stereocenters. The number of nitrogens with zero attached hydrogens (tertiary/aromatic N) is 3. The lowest BCUT2D eigenvalue weighted by atomic mass is 10.3. The molecule has 0 atom stereocenters. The molecule has 0 saturated carbocycles. The molecule has 0 bridgehead atoms. The molecule has 0 aliphatic rings. The summed E-state index contributed by atoms with van der Waals surface area (Å²) >= 11 is 6.88. The second kappa shape index (κ2) is 8.19. The summed E-state index contributed by atoms with van der Waals surface area (Å²) in [5.41, 5.74) is -0.107.